The summed E-state index contributed by atoms with van der Waals surface area (Å²) in [6.07, 6.45) is 1.96. The molecule has 0 aliphatic carbocycles. The predicted molar refractivity (Wildman–Crippen MR) is 107 cm³/mol. The van der Waals surface area contributed by atoms with Crippen LogP contribution in [-0.4, -0.2) is 40.3 Å². The number of sulfonamides is 1. The summed E-state index contributed by atoms with van der Waals surface area (Å²) in [5, 5.41) is 0. The van der Waals surface area contributed by atoms with Crippen molar-refractivity contribution in [2.75, 3.05) is 29.1 Å². The molecule has 1 amide bonds. The van der Waals surface area contributed by atoms with Gasteiger partial charge in [-0.3, -0.25) is 9.10 Å². The molecule has 0 bridgehead atoms. The first-order valence-electron chi connectivity index (χ1n) is 8.91. The number of nitrogens with zero attached hydrogens (tertiary/aromatic N) is 2. The molecule has 2 aromatic carbocycles. The lowest BCUT2D eigenvalue weighted by Gasteiger charge is -2.24. The minimum atomic E-state index is -3.32. The molecule has 0 aromatic heterocycles. The Morgan fingerprint density at radius 1 is 1.19 bits per heavy atom. The largest absolute Gasteiger partial charge is 0.481 e. The third kappa shape index (κ3) is 4.08. The standard InChI is InChI=1S/C20H24N2O4S/c1-4-19(20(23)22-14-13-15-7-5-6-8-18(15)22)26-17-11-9-16(10-12-17)21(2)27(3,24)25/h5-12,19H,4,13-14H2,1-3H3/t19-/m0/s1. The maximum atomic E-state index is 13.0. The van der Waals surface area contributed by atoms with Crippen LogP contribution in [0.4, 0.5) is 11.4 Å². The van der Waals surface area contributed by atoms with Crippen LogP contribution in [0.3, 0.4) is 0 Å². The second-order valence-corrected chi connectivity index (χ2v) is 8.62. The number of carbonyl (C=O) groups excluding carboxylic acids is 1. The van der Waals surface area contributed by atoms with Gasteiger partial charge < -0.3 is 9.64 Å². The van der Waals surface area contributed by atoms with Crippen molar-refractivity contribution in [3.05, 3.63) is 54.1 Å². The van der Waals surface area contributed by atoms with E-state index in [1.54, 1.807) is 29.2 Å². The Labute approximate surface area is 160 Å². The second kappa shape index (κ2) is 7.60. The van der Waals surface area contributed by atoms with E-state index in [1.165, 1.54) is 16.9 Å². The molecule has 0 N–H and O–H groups in total. The van der Waals surface area contributed by atoms with Gasteiger partial charge >= 0.3 is 0 Å². The van der Waals surface area contributed by atoms with Crippen molar-refractivity contribution >= 4 is 27.3 Å². The number of para-hydroxylation sites is 1. The molecule has 1 heterocycles. The number of hydrogen-bond acceptors (Lipinski definition) is 4. The molecule has 27 heavy (non-hydrogen) atoms. The van der Waals surface area contributed by atoms with Crippen molar-refractivity contribution in [1.29, 1.82) is 0 Å². The topological polar surface area (TPSA) is 66.9 Å². The van der Waals surface area contributed by atoms with Crippen molar-refractivity contribution in [3.8, 4) is 5.75 Å². The molecule has 1 atom stereocenters. The number of benzene rings is 2. The Kier molecular flexibility index (Phi) is 5.41. The third-order valence-corrected chi connectivity index (χ3v) is 5.98. The Morgan fingerprint density at radius 2 is 1.85 bits per heavy atom. The minimum absolute atomic E-state index is 0.0558. The quantitative estimate of drug-likeness (QED) is 0.763. The van der Waals surface area contributed by atoms with Gasteiger partial charge in [0.05, 0.1) is 11.9 Å². The zero-order valence-corrected chi connectivity index (χ0v) is 16.6. The molecule has 144 valence electrons. The van der Waals surface area contributed by atoms with Gasteiger partial charge in [0.1, 0.15) is 5.75 Å². The fourth-order valence-electron chi connectivity index (χ4n) is 3.14. The number of amides is 1. The summed E-state index contributed by atoms with van der Waals surface area (Å²) in [5.41, 5.74) is 2.67. The fraction of sp³-hybridized carbons (Fsp3) is 0.350. The smallest absolute Gasteiger partial charge is 0.268 e. The molecule has 0 unspecified atom stereocenters. The maximum Gasteiger partial charge on any atom is 0.268 e. The van der Waals surface area contributed by atoms with Gasteiger partial charge in [-0.25, -0.2) is 8.42 Å². The van der Waals surface area contributed by atoms with E-state index in [4.69, 9.17) is 4.74 Å². The van der Waals surface area contributed by atoms with Crippen LogP contribution >= 0.6 is 0 Å². The van der Waals surface area contributed by atoms with Crippen LogP contribution in [0.1, 0.15) is 18.9 Å². The van der Waals surface area contributed by atoms with Gasteiger partial charge in [0.2, 0.25) is 10.0 Å². The molecule has 0 radical (unpaired) electrons. The molecule has 7 heteroatoms. The fourth-order valence-corrected chi connectivity index (χ4v) is 3.64. The van der Waals surface area contributed by atoms with Crippen LogP contribution in [-0.2, 0) is 21.2 Å². The summed E-state index contributed by atoms with van der Waals surface area (Å²) >= 11 is 0. The molecule has 1 aliphatic heterocycles. The van der Waals surface area contributed by atoms with Gasteiger partial charge in [0, 0.05) is 19.3 Å². The van der Waals surface area contributed by atoms with Crippen LogP contribution in [0.2, 0.25) is 0 Å². The maximum absolute atomic E-state index is 13.0. The van der Waals surface area contributed by atoms with Crippen LogP contribution < -0.4 is 13.9 Å². The normalized spacial score (nSPS) is 14.6. The minimum Gasteiger partial charge on any atom is -0.481 e. The second-order valence-electron chi connectivity index (χ2n) is 6.61. The molecule has 6 nitrogen and oxygen atoms in total. The average molecular weight is 388 g/mol. The molecule has 0 fully saturated rings. The lowest BCUT2D eigenvalue weighted by atomic mass is 10.2. The molecular formula is C20H24N2O4S. The van der Waals surface area contributed by atoms with Crippen molar-refractivity contribution in [1.82, 2.24) is 0 Å². The summed E-state index contributed by atoms with van der Waals surface area (Å²) in [4.78, 5) is 14.8. The molecule has 0 saturated heterocycles. The third-order valence-electron chi connectivity index (χ3n) is 4.78. The van der Waals surface area contributed by atoms with Crippen molar-refractivity contribution < 1.29 is 17.9 Å². The Bertz CT molecular complexity index is 925. The Hall–Kier alpha value is -2.54. The van der Waals surface area contributed by atoms with Crippen molar-refractivity contribution in [3.63, 3.8) is 0 Å². The lowest BCUT2D eigenvalue weighted by molar-refractivity contribution is -0.125. The zero-order chi connectivity index (χ0) is 19.6. The lowest BCUT2D eigenvalue weighted by Crippen LogP contribution is -2.41. The van der Waals surface area contributed by atoms with E-state index >= 15 is 0 Å². The Morgan fingerprint density at radius 3 is 2.48 bits per heavy atom. The summed E-state index contributed by atoms with van der Waals surface area (Å²) < 4.78 is 30.4. The number of rotatable bonds is 6. The molecular weight excluding hydrogens is 364 g/mol. The van der Waals surface area contributed by atoms with Gasteiger partial charge in [0.25, 0.3) is 5.91 Å². The average Bonchev–Trinajstić information content (AvgIpc) is 3.09. The zero-order valence-electron chi connectivity index (χ0n) is 15.8. The first kappa shape index (κ1) is 19.2. The Balaban J connectivity index is 1.73. The van der Waals surface area contributed by atoms with E-state index < -0.39 is 16.1 Å². The number of ether oxygens (including phenoxy) is 1. The number of fused-ring (bicyclic) bond motifs is 1. The monoisotopic (exact) mass is 388 g/mol. The van der Waals surface area contributed by atoms with Gasteiger partial charge in [0.15, 0.2) is 6.10 Å². The van der Waals surface area contributed by atoms with Crippen LogP contribution in [0.5, 0.6) is 5.75 Å². The van der Waals surface area contributed by atoms with Gasteiger partial charge in [-0.2, -0.15) is 0 Å². The van der Waals surface area contributed by atoms with Crippen LogP contribution in [0, 0.1) is 0 Å². The highest BCUT2D eigenvalue weighted by molar-refractivity contribution is 7.92. The summed E-state index contributed by atoms with van der Waals surface area (Å²) in [5.74, 6) is 0.480. The molecule has 0 spiro atoms. The summed E-state index contributed by atoms with van der Waals surface area (Å²) in [6.45, 7) is 2.58. The highest BCUT2D eigenvalue weighted by Gasteiger charge is 2.30. The molecule has 0 saturated carbocycles. The number of anilines is 2. The van der Waals surface area contributed by atoms with E-state index in [0.29, 0.717) is 24.4 Å². The highest BCUT2D eigenvalue weighted by atomic mass is 32.2. The molecule has 1 aliphatic rings. The summed E-state index contributed by atoms with van der Waals surface area (Å²) in [7, 11) is -1.82. The molecule has 3 rings (SSSR count). The van der Waals surface area contributed by atoms with Gasteiger partial charge in [-0.1, -0.05) is 25.1 Å². The SMILES string of the molecule is CC[C@H](Oc1ccc(N(C)S(C)(=O)=O)cc1)C(=O)N1CCc2ccccc21. The number of hydrogen-bond donors (Lipinski definition) is 0. The van der Waals surface area contributed by atoms with E-state index in [0.717, 1.165) is 18.4 Å². The van der Waals surface area contributed by atoms with E-state index in [2.05, 4.69) is 0 Å². The van der Waals surface area contributed by atoms with E-state index in [9.17, 15) is 13.2 Å². The van der Waals surface area contributed by atoms with Crippen molar-refractivity contribution in [2.24, 2.45) is 0 Å². The van der Waals surface area contributed by atoms with E-state index in [1.807, 2.05) is 31.2 Å². The highest BCUT2D eigenvalue weighted by Crippen LogP contribution is 2.29. The van der Waals surface area contributed by atoms with Crippen LogP contribution in [0.25, 0.3) is 0 Å². The van der Waals surface area contributed by atoms with Crippen molar-refractivity contribution in [2.45, 2.75) is 25.9 Å². The summed E-state index contributed by atoms with van der Waals surface area (Å²) in [6, 6.07) is 14.6. The predicted octanol–water partition coefficient (Wildman–Crippen LogP) is 2.83. The van der Waals surface area contributed by atoms with Crippen LogP contribution in [0.15, 0.2) is 48.5 Å². The molecule has 2 aromatic rings. The van der Waals surface area contributed by atoms with Gasteiger partial charge in [-0.05, 0) is 48.7 Å². The first-order valence-corrected chi connectivity index (χ1v) is 10.8. The van der Waals surface area contributed by atoms with Gasteiger partial charge in [-0.15, -0.1) is 0 Å². The van der Waals surface area contributed by atoms with E-state index in [-0.39, 0.29) is 5.91 Å². The number of carbonyl (C=O) groups is 1. The first-order chi connectivity index (χ1) is 12.8.